The third-order valence-corrected chi connectivity index (χ3v) is 1.97. The van der Waals surface area contributed by atoms with Crippen molar-refractivity contribution < 1.29 is 9.50 Å². The Bertz CT molecular complexity index is 442. The van der Waals surface area contributed by atoms with Crippen molar-refractivity contribution in [2.75, 3.05) is 0 Å². The topological polar surface area (TPSA) is 33.1 Å². The van der Waals surface area contributed by atoms with Gasteiger partial charge in [0, 0.05) is 17.8 Å². The van der Waals surface area contributed by atoms with Gasteiger partial charge in [0.2, 0.25) is 0 Å². The molecule has 1 N–H and O–H groups in total. The normalized spacial score (nSPS) is 10.6. The number of pyridine rings is 1. The van der Waals surface area contributed by atoms with Gasteiger partial charge in [-0.3, -0.25) is 4.98 Å². The summed E-state index contributed by atoms with van der Waals surface area (Å²) in [6.07, 6.45) is 3.21. The van der Waals surface area contributed by atoms with Crippen molar-refractivity contribution in [1.82, 2.24) is 4.98 Å². The van der Waals surface area contributed by atoms with E-state index in [1.165, 1.54) is 12.1 Å². The van der Waals surface area contributed by atoms with Crippen LogP contribution in [0.15, 0.2) is 30.6 Å². The molecule has 2 rings (SSSR count). The van der Waals surface area contributed by atoms with Crippen LogP contribution in [0.3, 0.4) is 0 Å². The van der Waals surface area contributed by atoms with Crippen molar-refractivity contribution in [3.05, 3.63) is 42.0 Å². The first-order valence-corrected chi connectivity index (χ1v) is 3.94. The molecule has 0 bridgehead atoms. The summed E-state index contributed by atoms with van der Waals surface area (Å²) >= 11 is 0. The number of aromatic nitrogens is 1. The van der Waals surface area contributed by atoms with E-state index in [9.17, 15) is 4.39 Å². The van der Waals surface area contributed by atoms with Gasteiger partial charge in [0.1, 0.15) is 5.82 Å². The van der Waals surface area contributed by atoms with Gasteiger partial charge >= 0.3 is 0 Å². The SMILES string of the molecule is OCc1cc(F)cc2cnccc12. The van der Waals surface area contributed by atoms with Gasteiger partial charge in [-0.1, -0.05) is 0 Å². The second kappa shape index (κ2) is 3.11. The van der Waals surface area contributed by atoms with Crippen molar-refractivity contribution >= 4 is 10.8 Å². The maximum absolute atomic E-state index is 12.9. The Balaban J connectivity index is 2.81. The van der Waals surface area contributed by atoms with Crippen LogP contribution in [0, 0.1) is 5.82 Å². The number of benzene rings is 1. The van der Waals surface area contributed by atoms with Crippen LogP contribution in [0.1, 0.15) is 5.56 Å². The lowest BCUT2D eigenvalue weighted by atomic mass is 10.1. The van der Waals surface area contributed by atoms with E-state index in [-0.39, 0.29) is 12.4 Å². The van der Waals surface area contributed by atoms with Crippen molar-refractivity contribution in [2.24, 2.45) is 0 Å². The Morgan fingerprint density at radius 1 is 1.38 bits per heavy atom. The number of aliphatic hydroxyl groups is 1. The fourth-order valence-electron chi connectivity index (χ4n) is 1.38. The molecule has 1 aromatic heterocycles. The third-order valence-electron chi connectivity index (χ3n) is 1.97. The quantitative estimate of drug-likeness (QED) is 0.721. The maximum Gasteiger partial charge on any atom is 0.124 e. The van der Waals surface area contributed by atoms with E-state index in [1.54, 1.807) is 18.5 Å². The zero-order valence-corrected chi connectivity index (χ0v) is 6.87. The van der Waals surface area contributed by atoms with Gasteiger partial charge in [-0.05, 0) is 29.1 Å². The van der Waals surface area contributed by atoms with Crippen molar-refractivity contribution in [3.8, 4) is 0 Å². The number of halogens is 1. The maximum atomic E-state index is 12.9. The highest BCUT2D eigenvalue weighted by Gasteiger charge is 2.02. The highest BCUT2D eigenvalue weighted by molar-refractivity contribution is 5.84. The van der Waals surface area contributed by atoms with Crippen molar-refractivity contribution in [1.29, 1.82) is 0 Å². The van der Waals surface area contributed by atoms with E-state index in [2.05, 4.69) is 4.98 Å². The molecule has 1 aromatic carbocycles. The lowest BCUT2D eigenvalue weighted by molar-refractivity contribution is 0.283. The standard InChI is InChI=1S/C10H8FNO/c11-9-3-7-5-12-2-1-10(7)8(4-9)6-13/h1-5,13H,6H2. The highest BCUT2D eigenvalue weighted by Crippen LogP contribution is 2.19. The summed E-state index contributed by atoms with van der Waals surface area (Å²) in [5.41, 5.74) is 0.595. The van der Waals surface area contributed by atoms with Crippen LogP contribution in [0.2, 0.25) is 0 Å². The minimum atomic E-state index is -0.343. The predicted molar refractivity (Wildman–Crippen MR) is 47.6 cm³/mol. The molecule has 0 aliphatic heterocycles. The minimum Gasteiger partial charge on any atom is -0.392 e. The molecule has 0 spiro atoms. The molecule has 3 heteroatoms. The summed E-state index contributed by atoms with van der Waals surface area (Å²) in [7, 11) is 0. The number of fused-ring (bicyclic) bond motifs is 1. The molecule has 0 atom stereocenters. The molecule has 0 fully saturated rings. The highest BCUT2D eigenvalue weighted by atomic mass is 19.1. The van der Waals surface area contributed by atoms with E-state index in [0.29, 0.717) is 10.9 Å². The third kappa shape index (κ3) is 1.38. The first kappa shape index (κ1) is 8.13. The van der Waals surface area contributed by atoms with Crippen LogP contribution in [0.25, 0.3) is 10.8 Å². The van der Waals surface area contributed by atoms with E-state index < -0.39 is 0 Å². The predicted octanol–water partition coefficient (Wildman–Crippen LogP) is 1.87. The van der Waals surface area contributed by atoms with E-state index in [0.717, 1.165) is 5.39 Å². The number of aliphatic hydroxyl groups excluding tert-OH is 1. The van der Waals surface area contributed by atoms with Crippen LogP contribution in [0.4, 0.5) is 4.39 Å². The van der Waals surface area contributed by atoms with Gasteiger partial charge < -0.3 is 5.11 Å². The average Bonchev–Trinajstić information content (AvgIpc) is 2.16. The molecular weight excluding hydrogens is 169 g/mol. The molecule has 2 nitrogen and oxygen atoms in total. The summed E-state index contributed by atoms with van der Waals surface area (Å²) in [6.45, 7) is -0.154. The summed E-state index contributed by atoms with van der Waals surface area (Å²) in [6, 6.07) is 4.50. The number of hydrogen-bond donors (Lipinski definition) is 1. The zero-order valence-electron chi connectivity index (χ0n) is 6.87. The van der Waals surface area contributed by atoms with Crippen LogP contribution in [-0.2, 0) is 6.61 Å². The number of rotatable bonds is 1. The van der Waals surface area contributed by atoms with Crippen LogP contribution in [0.5, 0.6) is 0 Å². The molecule has 0 aliphatic rings. The molecule has 0 radical (unpaired) electrons. The van der Waals surface area contributed by atoms with Gasteiger partial charge in [0.15, 0.2) is 0 Å². The summed E-state index contributed by atoms with van der Waals surface area (Å²) in [4.78, 5) is 3.88. The fourth-order valence-corrected chi connectivity index (χ4v) is 1.38. The molecule has 0 amide bonds. The number of nitrogens with zero attached hydrogens (tertiary/aromatic N) is 1. The first-order chi connectivity index (χ1) is 6.31. The molecule has 0 aliphatic carbocycles. The van der Waals surface area contributed by atoms with Crippen LogP contribution >= 0.6 is 0 Å². The van der Waals surface area contributed by atoms with E-state index >= 15 is 0 Å². The molecular formula is C10H8FNO. The molecule has 0 saturated heterocycles. The molecule has 2 aromatic rings. The van der Waals surface area contributed by atoms with Crippen LogP contribution in [-0.4, -0.2) is 10.1 Å². The van der Waals surface area contributed by atoms with Gasteiger partial charge in [-0.25, -0.2) is 4.39 Å². The molecule has 0 saturated carbocycles. The lowest BCUT2D eigenvalue weighted by Gasteiger charge is -2.02. The Hall–Kier alpha value is -1.48. The van der Waals surface area contributed by atoms with Crippen molar-refractivity contribution in [2.45, 2.75) is 6.61 Å². The Kier molecular flexibility index (Phi) is 1.94. The molecule has 66 valence electrons. The Morgan fingerprint density at radius 2 is 2.23 bits per heavy atom. The van der Waals surface area contributed by atoms with Gasteiger partial charge in [0.05, 0.1) is 6.61 Å². The lowest BCUT2D eigenvalue weighted by Crippen LogP contribution is -1.88. The Morgan fingerprint density at radius 3 is 3.00 bits per heavy atom. The van der Waals surface area contributed by atoms with E-state index in [1.807, 2.05) is 0 Å². The summed E-state index contributed by atoms with van der Waals surface area (Å²) in [5, 5.41) is 10.5. The smallest absolute Gasteiger partial charge is 0.124 e. The fraction of sp³-hybridized carbons (Fsp3) is 0.100. The zero-order chi connectivity index (χ0) is 9.26. The Labute approximate surface area is 74.7 Å². The van der Waals surface area contributed by atoms with E-state index in [4.69, 9.17) is 5.11 Å². The monoisotopic (exact) mass is 177 g/mol. The summed E-state index contributed by atoms with van der Waals surface area (Å²) < 4.78 is 12.9. The van der Waals surface area contributed by atoms with Gasteiger partial charge in [-0.2, -0.15) is 0 Å². The minimum absolute atomic E-state index is 0.154. The number of hydrogen-bond acceptors (Lipinski definition) is 2. The van der Waals surface area contributed by atoms with Gasteiger partial charge in [-0.15, -0.1) is 0 Å². The largest absolute Gasteiger partial charge is 0.392 e. The van der Waals surface area contributed by atoms with Crippen molar-refractivity contribution in [3.63, 3.8) is 0 Å². The summed E-state index contributed by atoms with van der Waals surface area (Å²) in [5.74, 6) is -0.343. The average molecular weight is 177 g/mol. The first-order valence-electron chi connectivity index (χ1n) is 3.94. The molecule has 13 heavy (non-hydrogen) atoms. The van der Waals surface area contributed by atoms with Crippen LogP contribution < -0.4 is 0 Å². The molecule has 0 unspecified atom stereocenters. The second-order valence-electron chi connectivity index (χ2n) is 2.82. The molecule has 1 heterocycles. The second-order valence-corrected chi connectivity index (χ2v) is 2.82. The van der Waals surface area contributed by atoms with Gasteiger partial charge in [0.25, 0.3) is 0 Å².